The van der Waals surface area contributed by atoms with Crippen LogP contribution >= 0.6 is 0 Å². The number of nitrogens with zero attached hydrogens (tertiary/aromatic N) is 3. The molecule has 1 aliphatic heterocycles. The molecule has 0 radical (unpaired) electrons. The third-order valence-electron chi connectivity index (χ3n) is 3.88. The minimum atomic E-state index is -1.15. The maximum absolute atomic E-state index is 11.9. The third-order valence-corrected chi connectivity index (χ3v) is 3.88. The van der Waals surface area contributed by atoms with E-state index in [4.69, 9.17) is 14.6 Å². The van der Waals surface area contributed by atoms with Crippen molar-refractivity contribution in [3.05, 3.63) is 42.0 Å². The third kappa shape index (κ3) is 4.49. The first-order valence-corrected chi connectivity index (χ1v) is 8.11. The van der Waals surface area contributed by atoms with Crippen molar-refractivity contribution >= 4 is 11.8 Å². The number of aromatic nitrogens is 3. The van der Waals surface area contributed by atoms with Crippen LogP contribution in [0.2, 0.25) is 0 Å². The molecule has 1 fully saturated rings. The Kier molecular flexibility index (Phi) is 5.52. The van der Waals surface area contributed by atoms with Gasteiger partial charge in [-0.3, -0.25) is 9.59 Å². The van der Waals surface area contributed by atoms with Crippen molar-refractivity contribution in [2.24, 2.45) is 0 Å². The molecule has 8 nitrogen and oxygen atoms in total. The topological polar surface area (TPSA) is 104 Å². The van der Waals surface area contributed by atoms with Gasteiger partial charge in [-0.05, 0) is 31.4 Å². The van der Waals surface area contributed by atoms with Crippen LogP contribution in [-0.4, -0.2) is 44.5 Å². The lowest BCUT2D eigenvalue weighted by Gasteiger charge is -2.22. The number of aliphatic carboxylic acids is 1. The molecule has 1 saturated heterocycles. The molecule has 0 spiro atoms. The van der Waals surface area contributed by atoms with Gasteiger partial charge in [0.2, 0.25) is 0 Å². The second kappa shape index (κ2) is 8.00. The molecule has 3 rings (SSSR count). The van der Waals surface area contributed by atoms with E-state index in [1.54, 1.807) is 28.9 Å². The van der Waals surface area contributed by atoms with E-state index < -0.39 is 18.2 Å². The van der Waals surface area contributed by atoms with E-state index in [-0.39, 0.29) is 12.9 Å². The highest BCUT2D eigenvalue weighted by atomic mass is 16.7. The van der Waals surface area contributed by atoms with E-state index in [2.05, 4.69) is 10.1 Å². The van der Waals surface area contributed by atoms with E-state index in [9.17, 15) is 9.59 Å². The highest BCUT2D eigenvalue weighted by Crippen LogP contribution is 2.17. The van der Waals surface area contributed by atoms with Crippen molar-refractivity contribution in [2.75, 3.05) is 6.61 Å². The lowest BCUT2D eigenvalue weighted by atomic mass is 10.1. The molecular formula is C17H19N3O5. The van der Waals surface area contributed by atoms with Crippen molar-refractivity contribution in [3.63, 3.8) is 0 Å². The Hall–Kier alpha value is -2.58. The minimum absolute atomic E-state index is 0.234. The molecule has 1 aromatic heterocycles. The summed E-state index contributed by atoms with van der Waals surface area (Å²) in [5.74, 6) is -1.03. The van der Waals surface area contributed by atoms with Gasteiger partial charge in [0.05, 0.1) is 5.69 Å². The van der Waals surface area contributed by atoms with E-state index in [0.29, 0.717) is 23.7 Å². The van der Waals surface area contributed by atoms with Crippen LogP contribution in [0, 0.1) is 0 Å². The molecule has 1 unspecified atom stereocenters. The van der Waals surface area contributed by atoms with Gasteiger partial charge in [-0.1, -0.05) is 12.1 Å². The summed E-state index contributed by atoms with van der Waals surface area (Å²) in [6, 6.07) is 6.63. The van der Waals surface area contributed by atoms with E-state index >= 15 is 0 Å². The van der Waals surface area contributed by atoms with Crippen LogP contribution in [0.3, 0.4) is 0 Å². The van der Waals surface area contributed by atoms with Crippen molar-refractivity contribution < 1.29 is 24.2 Å². The summed E-state index contributed by atoms with van der Waals surface area (Å²) in [4.78, 5) is 26.8. The van der Waals surface area contributed by atoms with Crippen molar-refractivity contribution in [3.8, 4) is 5.69 Å². The van der Waals surface area contributed by atoms with E-state index in [0.717, 1.165) is 19.3 Å². The van der Waals surface area contributed by atoms with Crippen molar-refractivity contribution in [2.45, 2.75) is 38.6 Å². The van der Waals surface area contributed by atoms with Gasteiger partial charge in [0.25, 0.3) is 0 Å². The Balaban J connectivity index is 1.73. The van der Waals surface area contributed by atoms with Gasteiger partial charge in [0, 0.05) is 12.2 Å². The zero-order valence-electron chi connectivity index (χ0n) is 13.6. The summed E-state index contributed by atoms with van der Waals surface area (Å²) in [6.45, 7) is 0.934. The fourth-order valence-electron chi connectivity index (χ4n) is 2.64. The summed E-state index contributed by atoms with van der Waals surface area (Å²) in [7, 11) is 0. The van der Waals surface area contributed by atoms with Crippen LogP contribution in [-0.2, 0) is 20.9 Å². The number of ketones is 1. The van der Waals surface area contributed by atoms with Crippen LogP contribution in [0.5, 0.6) is 0 Å². The first-order valence-electron chi connectivity index (χ1n) is 8.11. The molecule has 25 heavy (non-hydrogen) atoms. The number of hydrogen-bond donors (Lipinski definition) is 1. The molecule has 2 heterocycles. The van der Waals surface area contributed by atoms with Gasteiger partial charge in [-0.25, -0.2) is 9.67 Å². The number of rotatable bonds is 7. The predicted molar refractivity (Wildman–Crippen MR) is 86.3 cm³/mol. The fourth-order valence-corrected chi connectivity index (χ4v) is 2.64. The first-order chi connectivity index (χ1) is 12.1. The summed E-state index contributed by atoms with van der Waals surface area (Å²) in [6.07, 6.45) is 3.61. The van der Waals surface area contributed by atoms with E-state index in [1.165, 1.54) is 6.33 Å². The highest BCUT2D eigenvalue weighted by molar-refractivity contribution is 6.05. The van der Waals surface area contributed by atoms with Crippen molar-refractivity contribution in [1.29, 1.82) is 0 Å². The molecule has 0 bridgehead atoms. The van der Waals surface area contributed by atoms with Crippen LogP contribution < -0.4 is 0 Å². The minimum Gasteiger partial charge on any atom is -0.481 e. The van der Waals surface area contributed by atoms with Crippen molar-refractivity contribution in [1.82, 2.24) is 14.8 Å². The predicted octanol–water partition coefficient (Wildman–Crippen LogP) is 1.97. The number of carbonyl (C=O) groups excluding carboxylic acids is 1. The Labute approximate surface area is 144 Å². The van der Waals surface area contributed by atoms with Gasteiger partial charge < -0.3 is 14.6 Å². The summed E-state index contributed by atoms with van der Waals surface area (Å²) >= 11 is 0. The average Bonchev–Trinajstić information content (AvgIpc) is 3.09. The SMILES string of the molecule is O=C(O)CC(=O)c1cccc(-n2ncnc2COC2CCCCO2)c1. The van der Waals surface area contributed by atoms with Gasteiger partial charge in [0.1, 0.15) is 19.4 Å². The quantitative estimate of drug-likeness (QED) is 0.604. The fraction of sp³-hybridized carbons (Fsp3) is 0.412. The molecule has 1 aliphatic rings. The molecule has 0 amide bonds. The highest BCUT2D eigenvalue weighted by Gasteiger charge is 2.17. The number of Topliss-reactive ketones (excluding diaryl/α,β-unsaturated/α-hetero) is 1. The van der Waals surface area contributed by atoms with Gasteiger partial charge in [-0.15, -0.1) is 0 Å². The molecule has 8 heteroatoms. The number of ether oxygens (including phenoxy) is 2. The number of benzene rings is 1. The standard InChI is InChI=1S/C17H19N3O5/c21-14(9-16(22)23)12-4-3-5-13(8-12)20-15(18-11-19-20)10-25-17-6-1-2-7-24-17/h3-5,8,11,17H,1-2,6-7,9-10H2,(H,22,23). The molecule has 1 N–H and O–H groups in total. The number of carboxylic acid groups (broad SMARTS) is 1. The zero-order valence-corrected chi connectivity index (χ0v) is 13.6. The maximum Gasteiger partial charge on any atom is 0.311 e. The van der Waals surface area contributed by atoms with Crippen LogP contribution in [0.25, 0.3) is 5.69 Å². The second-order valence-corrected chi connectivity index (χ2v) is 5.74. The lowest BCUT2D eigenvalue weighted by Crippen LogP contribution is -2.22. The molecule has 1 atom stereocenters. The molecule has 0 aliphatic carbocycles. The smallest absolute Gasteiger partial charge is 0.311 e. The summed E-state index contributed by atoms with van der Waals surface area (Å²) < 4.78 is 12.8. The summed E-state index contributed by atoms with van der Waals surface area (Å²) in [5.41, 5.74) is 0.940. The van der Waals surface area contributed by atoms with E-state index in [1.807, 2.05) is 0 Å². The monoisotopic (exact) mass is 345 g/mol. The van der Waals surface area contributed by atoms with Crippen LogP contribution in [0.1, 0.15) is 41.9 Å². The largest absolute Gasteiger partial charge is 0.481 e. The number of carbonyl (C=O) groups is 2. The Morgan fingerprint density at radius 2 is 2.24 bits per heavy atom. The molecule has 2 aromatic rings. The van der Waals surface area contributed by atoms with Gasteiger partial charge in [0.15, 0.2) is 17.9 Å². The Morgan fingerprint density at radius 3 is 3.00 bits per heavy atom. The maximum atomic E-state index is 11.9. The average molecular weight is 345 g/mol. The first kappa shape index (κ1) is 17.2. The molecule has 1 aromatic carbocycles. The second-order valence-electron chi connectivity index (χ2n) is 5.74. The molecular weight excluding hydrogens is 326 g/mol. The van der Waals surface area contributed by atoms with Crippen LogP contribution in [0.4, 0.5) is 0 Å². The number of hydrogen-bond acceptors (Lipinski definition) is 6. The summed E-state index contributed by atoms with van der Waals surface area (Å²) in [5, 5.41) is 12.9. The van der Waals surface area contributed by atoms with Gasteiger partial charge in [-0.2, -0.15) is 5.10 Å². The number of carboxylic acids is 1. The Bertz CT molecular complexity index is 752. The lowest BCUT2D eigenvalue weighted by molar-refractivity contribution is -0.170. The Morgan fingerprint density at radius 1 is 1.36 bits per heavy atom. The molecule has 0 saturated carbocycles. The van der Waals surface area contributed by atoms with Crippen LogP contribution in [0.15, 0.2) is 30.6 Å². The molecule has 132 valence electrons. The van der Waals surface area contributed by atoms with Gasteiger partial charge >= 0.3 is 5.97 Å². The zero-order chi connectivity index (χ0) is 17.6. The normalized spacial score (nSPS) is 17.4.